The summed E-state index contributed by atoms with van der Waals surface area (Å²) in [5.41, 5.74) is -0.682. The third-order valence-corrected chi connectivity index (χ3v) is 2.14. The minimum Gasteiger partial charge on any atom is -0.476 e. The Morgan fingerprint density at radius 2 is 2.16 bits per heavy atom. The number of hydrogen-bond donors (Lipinski definition) is 4. The zero-order chi connectivity index (χ0) is 14.6. The normalized spacial score (nSPS) is 11.9. The van der Waals surface area contributed by atoms with Crippen LogP contribution in [-0.4, -0.2) is 55.4 Å². The number of aromatic carboxylic acids is 1. The van der Waals surface area contributed by atoms with Gasteiger partial charge in [-0.05, 0) is 9.91 Å². The molecule has 1 heterocycles. The molecule has 0 saturated heterocycles. The molecule has 0 aliphatic rings. The second kappa shape index (κ2) is 6.02. The highest BCUT2D eigenvalue weighted by atomic mass is 16.6. The lowest BCUT2D eigenvalue weighted by atomic mass is 10.3. The molecule has 0 amide bonds. The third kappa shape index (κ3) is 3.56. The van der Waals surface area contributed by atoms with Crippen molar-refractivity contribution in [3.8, 4) is 0 Å². The van der Waals surface area contributed by atoms with Crippen molar-refractivity contribution >= 4 is 17.6 Å². The predicted molar refractivity (Wildman–Crippen MR) is 62.0 cm³/mol. The maximum atomic E-state index is 10.9. The molecule has 4 N–H and O–H groups in total. The van der Waals surface area contributed by atoms with Gasteiger partial charge in [-0.2, -0.15) is 0 Å². The van der Waals surface area contributed by atoms with Crippen molar-refractivity contribution in [2.24, 2.45) is 0 Å². The molecule has 1 atom stereocenters. The van der Waals surface area contributed by atoms with E-state index in [-0.39, 0.29) is 18.1 Å². The van der Waals surface area contributed by atoms with Gasteiger partial charge in [0.25, 0.3) is 0 Å². The molecule has 0 aromatic carbocycles. The average Bonchev–Trinajstić information content (AvgIpc) is 2.35. The van der Waals surface area contributed by atoms with Crippen LogP contribution in [0, 0.1) is 17.0 Å². The lowest BCUT2D eigenvalue weighted by Crippen LogP contribution is -2.24. The molecule has 19 heavy (non-hydrogen) atoms. The van der Waals surface area contributed by atoms with E-state index in [2.05, 4.69) is 15.3 Å². The fraction of sp³-hybridized carbons (Fsp3) is 0.444. The Morgan fingerprint density at radius 1 is 1.53 bits per heavy atom. The summed E-state index contributed by atoms with van der Waals surface area (Å²) >= 11 is 0. The van der Waals surface area contributed by atoms with Crippen LogP contribution in [0.3, 0.4) is 0 Å². The molecule has 0 saturated carbocycles. The SMILES string of the molecule is Cc1nc([N+](=O)[O-])c(C(=O)O)nc1NCC(O)CO. The van der Waals surface area contributed by atoms with E-state index in [1.165, 1.54) is 6.92 Å². The van der Waals surface area contributed by atoms with E-state index in [9.17, 15) is 14.9 Å². The van der Waals surface area contributed by atoms with Crippen LogP contribution in [0.15, 0.2) is 0 Å². The number of nitrogens with one attached hydrogen (secondary N) is 1. The van der Waals surface area contributed by atoms with Gasteiger partial charge in [-0.15, -0.1) is 0 Å². The van der Waals surface area contributed by atoms with Crippen LogP contribution in [0.25, 0.3) is 0 Å². The number of aryl methyl sites for hydroxylation is 1. The molecular weight excluding hydrogens is 260 g/mol. The quantitative estimate of drug-likeness (QED) is 0.382. The van der Waals surface area contributed by atoms with Crippen molar-refractivity contribution in [3.63, 3.8) is 0 Å². The monoisotopic (exact) mass is 272 g/mol. The highest BCUT2D eigenvalue weighted by molar-refractivity contribution is 5.89. The summed E-state index contributed by atoms with van der Waals surface area (Å²) in [6.07, 6.45) is -1.07. The van der Waals surface area contributed by atoms with Crippen molar-refractivity contribution in [1.82, 2.24) is 9.97 Å². The molecular formula is C9H12N4O6. The Kier molecular flexibility index (Phi) is 4.67. The van der Waals surface area contributed by atoms with Crippen molar-refractivity contribution in [1.29, 1.82) is 0 Å². The molecule has 10 nitrogen and oxygen atoms in total. The number of hydrogen-bond acceptors (Lipinski definition) is 8. The van der Waals surface area contributed by atoms with Crippen LogP contribution < -0.4 is 5.32 Å². The van der Waals surface area contributed by atoms with E-state index < -0.39 is 35.1 Å². The van der Waals surface area contributed by atoms with Crippen molar-refractivity contribution in [3.05, 3.63) is 21.5 Å². The van der Waals surface area contributed by atoms with Crippen LogP contribution in [-0.2, 0) is 0 Å². The first kappa shape index (κ1) is 14.7. The van der Waals surface area contributed by atoms with Gasteiger partial charge < -0.3 is 30.8 Å². The average molecular weight is 272 g/mol. The standard InChI is InChI=1S/C9H12N4O6/c1-4-7(10-2-5(15)3-14)12-6(9(16)17)8(11-4)13(18)19/h5,14-15H,2-3H2,1H3,(H,10,12)(H,16,17). The Hall–Kier alpha value is -2.33. The molecule has 1 unspecified atom stereocenters. The molecule has 1 rings (SSSR count). The Morgan fingerprint density at radius 3 is 2.63 bits per heavy atom. The third-order valence-electron chi connectivity index (χ3n) is 2.14. The number of aliphatic hydroxyl groups excluding tert-OH is 2. The molecule has 0 bridgehead atoms. The van der Waals surface area contributed by atoms with Crippen molar-refractivity contribution in [2.45, 2.75) is 13.0 Å². The largest absolute Gasteiger partial charge is 0.476 e. The Labute approximate surface area is 106 Å². The van der Waals surface area contributed by atoms with Crippen LogP contribution in [0.5, 0.6) is 0 Å². The molecule has 0 spiro atoms. The van der Waals surface area contributed by atoms with E-state index >= 15 is 0 Å². The summed E-state index contributed by atoms with van der Waals surface area (Å²) in [7, 11) is 0. The van der Waals surface area contributed by atoms with Crippen molar-refractivity contribution < 1.29 is 25.0 Å². The van der Waals surface area contributed by atoms with E-state index in [0.717, 1.165) is 0 Å². The van der Waals surface area contributed by atoms with E-state index in [4.69, 9.17) is 15.3 Å². The Bertz CT molecular complexity index is 506. The van der Waals surface area contributed by atoms with Crippen LogP contribution in [0.1, 0.15) is 16.2 Å². The molecule has 104 valence electrons. The zero-order valence-corrected chi connectivity index (χ0v) is 9.90. The smallest absolute Gasteiger partial charge is 0.397 e. The van der Waals surface area contributed by atoms with Gasteiger partial charge in [0.2, 0.25) is 5.69 Å². The lowest BCUT2D eigenvalue weighted by Gasteiger charge is -2.10. The maximum absolute atomic E-state index is 10.9. The van der Waals surface area contributed by atoms with Crippen LogP contribution >= 0.6 is 0 Å². The van der Waals surface area contributed by atoms with Gasteiger partial charge in [-0.25, -0.2) is 9.78 Å². The number of carboxylic acid groups (broad SMARTS) is 1. The minimum atomic E-state index is -1.58. The van der Waals surface area contributed by atoms with Gasteiger partial charge in [0, 0.05) is 13.5 Å². The first-order valence-electron chi connectivity index (χ1n) is 5.16. The fourth-order valence-corrected chi connectivity index (χ4v) is 1.22. The first-order chi connectivity index (χ1) is 8.86. The van der Waals surface area contributed by atoms with Gasteiger partial charge in [0.1, 0.15) is 0 Å². The molecule has 0 aliphatic carbocycles. The number of nitrogens with zero attached hydrogens (tertiary/aromatic N) is 3. The topological polar surface area (TPSA) is 159 Å². The number of rotatable bonds is 6. The van der Waals surface area contributed by atoms with Crippen LogP contribution in [0.2, 0.25) is 0 Å². The predicted octanol–water partition coefficient (Wildman–Crippen LogP) is -0.843. The van der Waals surface area contributed by atoms with Gasteiger partial charge in [0.05, 0.1) is 12.7 Å². The summed E-state index contributed by atoms with van der Waals surface area (Å²) in [5, 5.41) is 39.8. The lowest BCUT2D eigenvalue weighted by molar-refractivity contribution is -0.390. The van der Waals surface area contributed by atoms with E-state index in [1.54, 1.807) is 0 Å². The van der Waals surface area contributed by atoms with E-state index in [1.807, 2.05) is 0 Å². The number of aromatic nitrogens is 2. The van der Waals surface area contributed by atoms with E-state index in [0.29, 0.717) is 0 Å². The number of anilines is 1. The van der Waals surface area contributed by atoms with Gasteiger partial charge in [0.15, 0.2) is 11.5 Å². The molecule has 0 fully saturated rings. The summed E-state index contributed by atoms with van der Waals surface area (Å²) in [4.78, 5) is 27.7. The minimum absolute atomic E-state index is 0.00417. The summed E-state index contributed by atoms with van der Waals surface area (Å²) in [5.74, 6) is -2.43. The summed E-state index contributed by atoms with van der Waals surface area (Å²) in [6.45, 7) is 0.820. The van der Waals surface area contributed by atoms with Gasteiger partial charge >= 0.3 is 11.8 Å². The number of carbonyl (C=O) groups is 1. The number of carboxylic acids is 1. The number of nitro groups is 1. The Balaban J connectivity index is 3.10. The van der Waals surface area contributed by atoms with Gasteiger partial charge in [-0.1, -0.05) is 0 Å². The second-order valence-electron chi connectivity index (χ2n) is 3.61. The first-order valence-corrected chi connectivity index (χ1v) is 5.16. The molecule has 10 heteroatoms. The van der Waals surface area contributed by atoms with Crippen molar-refractivity contribution in [2.75, 3.05) is 18.5 Å². The highest BCUT2D eigenvalue weighted by Crippen LogP contribution is 2.19. The second-order valence-corrected chi connectivity index (χ2v) is 3.61. The highest BCUT2D eigenvalue weighted by Gasteiger charge is 2.26. The summed E-state index contributed by atoms with van der Waals surface area (Å²) in [6, 6.07) is 0. The molecule has 0 radical (unpaired) electrons. The molecule has 1 aromatic rings. The molecule has 0 aliphatic heterocycles. The summed E-state index contributed by atoms with van der Waals surface area (Å²) < 4.78 is 0. The number of aliphatic hydroxyl groups is 2. The van der Waals surface area contributed by atoms with Gasteiger partial charge in [-0.3, -0.25) is 0 Å². The maximum Gasteiger partial charge on any atom is 0.397 e. The molecule has 1 aromatic heterocycles. The van der Waals surface area contributed by atoms with Crippen LogP contribution in [0.4, 0.5) is 11.6 Å². The zero-order valence-electron chi connectivity index (χ0n) is 9.90. The fourth-order valence-electron chi connectivity index (χ4n) is 1.22.